The first kappa shape index (κ1) is 15.8. The number of fused-ring (bicyclic) bond motifs is 1. The number of carbonyl (C=O) groups excluding carboxylic acids is 1. The van der Waals surface area contributed by atoms with Crippen molar-refractivity contribution >= 4 is 28.7 Å². The molecule has 0 saturated carbocycles. The van der Waals surface area contributed by atoms with Gasteiger partial charge in [0.1, 0.15) is 5.69 Å². The normalized spacial score (nSPS) is 11.1. The lowest BCUT2D eigenvalue weighted by Crippen LogP contribution is -2.20. The first-order valence-corrected chi connectivity index (χ1v) is 7.71. The maximum absolute atomic E-state index is 12.3. The number of benzene rings is 2. The fraction of sp³-hybridized carbons (Fsp3) is 0.158. The van der Waals surface area contributed by atoms with Crippen LogP contribution >= 0.6 is 0 Å². The number of aryl methyl sites for hydroxylation is 1. The summed E-state index contributed by atoms with van der Waals surface area (Å²) < 4.78 is 1.87. The van der Waals surface area contributed by atoms with Crippen molar-refractivity contribution in [3.8, 4) is 0 Å². The number of hydrazone groups is 1. The van der Waals surface area contributed by atoms with Crippen molar-refractivity contribution in [1.82, 2.24) is 9.99 Å². The van der Waals surface area contributed by atoms with Crippen LogP contribution in [0.25, 0.3) is 10.9 Å². The van der Waals surface area contributed by atoms with Crippen LogP contribution in [0.15, 0.2) is 59.7 Å². The minimum atomic E-state index is -0.227. The fourth-order valence-corrected chi connectivity index (χ4v) is 2.59. The molecule has 0 fully saturated rings. The Hall–Kier alpha value is -3.08. The van der Waals surface area contributed by atoms with Crippen LogP contribution in [-0.4, -0.2) is 30.8 Å². The van der Waals surface area contributed by atoms with E-state index in [0.717, 1.165) is 22.2 Å². The summed E-state index contributed by atoms with van der Waals surface area (Å²) in [6, 6.07) is 17.7. The molecule has 5 nitrogen and oxygen atoms in total. The van der Waals surface area contributed by atoms with Crippen molar-refractivity contribution in [2.24, 2.45) is 12.1 Å². The van der Waals surface area contributed by atoms with Gasteiger partial charge < -0.3 is 9.47 Å². The largest absolute Gasteiger partial charge is 0.378 e. The SMILES string of the molecule is CN(C)c1ccc(/C=N/NC(=O)c2cc3ccccc3n2C)cc1. The van der Waals surface area contributed by atoms with Gasteiger partial charge in [-0.1, -0.05) is 30.3 Å². The molecule has 1 aromatic heterocycles. The first-order valence-electron chi connectivity index (χ1n) is 7.71. The maximum atomic E-state index is 12.3. The summed E-state index contributed by atoms with van der Waals surface area (Å²) in [6.07, 6.45) is 1.64. The summed E-state index contributed by atoms with van der Waals surface area (Å²) in [6.45, 7) is 0. The molecule has 0 aliphatic carbocycles. The Kier molecular flexibility index (Phi) is 4.33. The summed E-state index contributed by atoms with van der Waals surface area (Å²) in [5, 5.41) is 5.09. The van der Waals surface area contributed by atoms with Crippen LogP contribution < -0.4 is 10.3 Å². The Labute approximate surface area is 141 Å². The number of para-hydroxylation sites is 1. The second-order valence-corrected chi connectivity index (χ2v) is 5.83. The van der Waals surface area contributed by atoms with Gasteiger partial charge in [-0.05, 0) is 29.8 Å². The van der Waals surface area contributed by atoms with E-state index in [0.29, 0.717) is 5.69 Å². The van der Waals surface area contributed by atoms with Crippen molar-refractivity contribution in [2.75, 3.05) is 19.0 Å². The summed E-state index contributed by atoms with van der Waals surface area (Å²) in [5.74, 6) is -0.227. The smallest absolute Gasteiger partial charge is 0.287 e. The molecule has 1 amide bonds. The lowest BCUT2D eigenvalue weighted by atomic mass is 10.2. The van der Waals surface area contributed by atoms with Crippen LogP contribution in [0.3, 0.4) is 0 Å². The van der Waals surface area contributed by atoms with Crippen LogP contribution in [0.2, 0.25) is 0 Å². The zero-order valence-corrected chi connectivity index (χ0v) is 14.0. The summed E-state index contributed by atoms with van der Waals surface area (Å²) >= 11 is 0. The molecule has 0 aliphatic heterocycles. The number of rotatable bonds is 4. The Morgan fingerprint density at radius 2 is 1.83 bits per heavy atom. The predicted molar refractivity (Wildman–Crippen MR) is 98.7 cm³/mol. The van der Waals surface area contributed by atoms with Crippen molar-refractivity contribution in [3.05, 3.63) is 65.9 Å². The molecule has 5 heteroatoms. The van der Waals surface area contributed by atoms with Crippen LogP contribution in [-0.2, 0) is 7.05 Å². The third kappa shape index (κ3) is 3.15. The van der Waals surface area contributed by atoms with Gasteiger partial charge in [0, 0.05) is 37.7 Å². The van der Waals surface area contributed by atoms with Crippen LogP contribution in [0.5, 0.6) is 0 Å². The number of carbonyl (C=O) groups is 1. The highest BCUT2D eigenvalue weighted by atomic mass is 16.2. The molecule has 0 aliphatic rings. The van der Waals surface area contributed by atoms with Crippen molar-refractivity contribution in [1.29, 1.82) is 0 Å². The predicted octanol–water partition coefficient (Wildman–Crippen LogP) is 3.01. The molecular weight excluding hydrogens is 300 g/mol. The van der Waals surface area contributed by atoms with Crippen LogP contribution in [0, 0.1) is 0 Å². The van der Waals surface area contributed by atoms with E-state index in [1.165, 1.54) is 0 Å². The van der Waals surface area contributed by atoms with Gasteiger partial charge in [0.25, 0.3) is 5.91 Å². The van der Waals surface area contributed by atoms with Gasteiger partial charge in [-0.2, -0.15) is 5.10 Å². The van der Waals surface area contributed by atoms with E-state index in [-0.39, 0.29) is 5.91 Å². The molecular formula is C19H20N4O. The van der Waals surface area contributed by atoms with Crippen molar-refractivity contribution < 1.29 is 4.79 Å². The molecule has 0 radical (unpaired) electrons. The molecule has 3 aromatic rings. The molecule has 0 bridgehead atoms. The lowest BCUT2D eigenvalue weighted by molar-refractivity contribution is 0.0947. The van der Waals surface area contributed by atoms with Gasteiger partial charge in [-0.25, -0.2) is 5.43 Å². The second kappa shape index (κ2) is 6.58. The zero-order chi connectivity index (χ0) is 17.1. The number of aromatic nitrogens is 1. The van der Waals surface area contributed by atoms with Crippen molar-refractivity contribution in [3.63, 3.8) is 0 Å². The molecule has 0 unspecified atom stereocenters. The third-order valence-electron chi connectivity index (χ3n) is 3.97. The maximum Gasteiger partial charge on any atom is 0.287 e. The van der Waals surface area contributed by atoms with Gasteiger partial charge in [0.15, 0.2) is 0 Å². The zero-order valence-electron chi connectivity index (χ0n) is 14.0. The number of amides is 1. The Morgan fingerprint density at radius 1 is 1.12 bits per heavy atom. The van der Waals surface area contributed by atoms with Gasteiger partial charge in [0.2, 0.25) is 0 Å². The summed E-state index contributed by atoms with van der Waals surface area (Å²) in [7, 11) is 5.86. The van der Waals surface area contributed by atoms with E-state index in [4.69, 9.17) is 0 Å². The highest BCUT2D eigenvalue weighted by Gasteiger charge is 2.12. The van der Waals surface area contributed by atoms with E-state index < -0.39 is 0 Å². The highest BCUT2D eigenvalue weighted by molar-refractivity contribution is 5.99. The monoisotopic (exact) mass is 320 g/mol. The number of hydrogen-bond donors (Lipinski definition) is 1. The first-order chi connectivity index (χ1) is 11.6. The van der Waals surface area contributed by atoms with Gasteiger partial charge in [-0.15, -0.1) is 0 Å². The van der Waals surface area contributed by atoms with E-state index in [2.05, 4.69) is 10.5 Å². The average Bonchev–Trinajstić information content (AvgIpc) is 2.93. The van der Waals surface area contributed by atoms with Crippen LogP contribution in [0.4, 0.5) is 5.69 Å². The standard InChI is InChI=1S/C19H20N4O/c1-22(2)16-10-8-14(9-11-16)13-20-21-19(24)18-12-15-6-4-5-7-17(15)23(18)3/h4-13H,1-3H3,(H,21,24)/b20-13+. The van der Waals surface area contributed by atoms with E-state index in [1.807, 2.05) is 85.2 Å². The average molecular weight is 320 g/mol. The molecule has 0 atom stereocenters. The van der Waals surface area contributed by atoms with Gasteiger partial charge in [0.05, 0.1) is 6.21 Å². The molecule has 0 spiro atoms. The van der Waals surface area contributed by atoms with E-state index >= 15 is 0 Å². The van der Waals surface area contributed by atoms with Gasteiger partial charge >= 0.3 is 0 Å². The van der Waals surface area contributed by atoms with E-state index in [9.17, 15) is 4.79 Å². The molecule has 122 valence electrons. The minimum absolute atomic E-state index is 0.227. The number of anilines is 1. The topological polar surface area (TPSA) is 49.6 Å². The molecule has 0 saturated heterocycles. The summed E-state index contributed by atoms with van der Waals surface area (Å²) in [4.78, 5) is 14.3. The Balaban J connectivity index is 1.71. The molecule has 2 aromatic carbocycles. The quantitative estimate of drug-likeness (QED) is 0.593. The third-order valence-corrected chi connectivity index (χ3v) is 3.97. The summed E-state index contributed by atoms with van der Waals surface area (Å²) in [5.41, 5.74) is 6.23. The lowest BCUT2D eigenvalue weighted by Gasteiger charge is -2.11. The molecule has 3 rings (SSSR count). The van der Waals surface area contributed by atoms with Gasteiger partial charge in [-0.3, -0.25) is 4.79 Å². The number of nitrogens with zero attached hydrogens (tertiary/aromatic N) is 3. The highest BCUT2D eigenvalue weighted by Crippen LogP contribution is 2.18. The molecule has 1 heterocycles. The minimum Gasteiger partial charge on any atom is -0.378 e. The number of hydrogen-bond acceptors (Lipinski definition) is 3. The van der Waals surface area contributed by atoms with E-state index in [1.54, 1.807) is 6.21 Å². The molecule has 24 heavy (non-hydrogen) atoms. The molecule has 1 N–H and O–H groups in total. The second-order valence-electron chi connectivity index (χ2n) is 5.83. The Bertz CT molecular complexity index is 891. The number of nitrogens with one attached hydrogen (secondary N) is 1. The van der Waals surface area contributed by atoms with Crippen LogP contribution in [0.1, 0.15) is 16.1 Å². The Morgan fingerprint density at radius 3 is 2.50 bits per heavy atom. The van der Waals surface area contributed by atoms with Crippen molar-refractivity contribution in [2.45, 2.75) is 0 Å². The fourth-order valence-electron chi connectivity index (χ4n) is 2.59.